The van der Waals surface area contributed by atoms with Crippen LogP contribution >= 0.6 is 15.9 Å². The summed E-state index contributed by atoms with van der Waals surface area (Å²) in [6.45, 7) is 7.34. The Morgan fingerprint density at radius 1 is 0.917 bits per heavy atom. The highest BCUT2D eigenvalue weighted by Crippen LogP contribution is 2.29. The fourth-order valence-electron chi connectivity index (χ4n) is 5.46. The molecule has 1 unspecified atom stereocenters. The lowest BCUT2D eigenvalue weighted by molar-refractivity contribution is -0.142. The number of Topliss-reactive ketones (excluding diaryl/α,β-unsaturated/α-hetero) is 1. The van der Waals surface area contributed by atoms with E-state index in [0.717, 1.165) is 19.3 Å². The molecule has 0 saturated carbocycles. The SMILES string of the molecule is CCCCCCCCCCCCCCCCOC(=O)c1ccc(OC)c(NC(=O)C(C(=O)C(C)(C)C)N2C(=O)NC(=CCCBr)C2=O)c1. The van der Waals surface area contributed by atoms with Crippen molar-refractivity contribution in [3.05, 3.63) is 35.5 Å². The first-order valence-electron chi connectivity index (χ1n) is 17.6. The number of anilines is 1. The maximum atomic E-state index is 13.7. The molecular formula is C37H56BrN3O7. The van der Waals surface area contributed by atoms with Crippen molar-refractivity contribution in [3.8, 4) is 5.75 Å². The number of imide groups is 1. The molecule has 0 bridgehead atoms. The van der Waals surface area contributed by atoms with Crippen LogP contribution in [0.25, 0.3) is 0 Å². The summed E-state index contributed by atoms with van der Waals surface area (Å²) in [7, 11) is 1.40. The number of alkyl halides is 1. The van der Waals surface area contributed by atoms with E-state index in [1.165, 1.54) is 102 Å². The zero-order valence-electron chi connectivity index (χ0n) is 29.6. The molecule has 0 aromatic heterocycles. The highest BCUT2D eigenvalue weighted by atomic mass is 79.9. The smallest absolute Gasteiger partial charge is 0.338 e. The Kier molecular flexibility index (Phi) is 18.5. The highest BCUT2D eigenvalue weighted by Gasteiger charge is 2.48. The molecule has 1 aromatic carbocycles. The average Bonchev–Trinajstić information content (AvgIpc) is 3.33. The van der Waals surface area contributed by atoms with Crippen LogP contribution in [0.15, 0.2) is 30.0 Å². The molecule has 2 N–H and O–H groups in total. The molecule has 1 fully saturated rings. The number of carbonyl (C=O) groups excluding carboxylic acids is 5. The fourth-order valence-corrected chi connectivity index (χ4v) is 5.69. The van der Waals surface area contributed by atoms with E-state index in [1.807, 2.05) is 0 Å². The molecule has 0 aliphatic carbocycles. The first-order valence-corrected chi connectivity index (χ1v) is 18.7. The van der Waals surface area contributed by atoms with Crippen LogP contribution in [0.5, 0.6) is 5.75 Å². The Morgan fingerprint density at radius 3 is 2.00 bits per heavy atom. The molecule has 10 nitrogen and oxygen atoms in total. The van der Waals surface area contributed by atoms with Gasteiger partial charge in [-0.05, 0) is 31.0 Å². The van der Waals surface area contributed by atoms with Crippen LogP contribution in [-0.2, 0) is 19.1 Å². The van der Waals surface area contributed by atoms with Gasteiger partial charge in [0, 0.05) is 10.7 Å². The number of urea groups is 1. The average molecular weight is 735 g/mol. The Hall–Kier alpha value is -3.21. The minimum atomic E-state index is -1.76. The third-order valence-corrected chi connectivity index (χ3v) is 8.74. The lowest BCUT2D eigenvalue weighted by atomic mass is 9.85. The maximum Gasteiger partial charge on any atom is 0.338 e. The van der Waals surface area contributed by atoms with Gasteiger partial charge in [-0.3, -0.25) is 14.4 Å². The number of nitrogens with one attached hydrogen (secondary N) is 2. The summed E-state index contributed by atoms with van der Waals surface area (Å²) in [4.78, 5) is 66.7. The van der Waals surface area contributed by atoms with E-state index < -0.39 is 41.1 Å². The maximum absolute atomic E-state index is 13.7. The van der Waals surface area contributed by atoms with Gasteiger partial charge in [-0.2, -0.15) is 0 Å². The topological polar surface area (TPSA) is 131 Å². The van der Waals surface area contributed by atoms with Gasteiger partial charge in [0.05, 0.1) is 25.0 Å². The first kappa shape index (κ1) is 41.0. The van der Waals surface area contributed by atoms with Gasteiger partial charge in [-0.25, -0.2) is 14.5 Å². The number of hydrogen-bond donors (Lipinski definition) is 2. The number of benzene rings is 1. The van der Waals surface area contributed by atoms with Crippen LogP contribution < -0.4 is 15.4 Å². The molecule has 1 atom stereocenters. The van der Waals surface area contributed by atoms with Crippen molar-refractivity contribution in [2.45, 2.75) is 130 Å². The van der Waals surface area contributed by atoms with Crippen LogP contribution in [-0.4, -0.2) is 59.6 Å². The van der Waals surface area contributed by atoms with E-state index >= 15 is 0 Å². The molecule has 48 heavy (non-hydrogen) atoms. The zero-order chi connectivity index (χ0) is 35.5. The Bertz CT molecular complexity index is 1260. The predicted octanol–water partition coefficient (Wildman–Crippen LogP) is 8.48. The number of carbonyl (C=O) groups is 5. The molecule has 1 saturated heterocycles. The van der Waals surface area contributed by atoms with Crippen LogP contribution in [0, 0.1) is 5.41 Å². The summed E-state index contributed by atoms with van der Waals surface area (Å²) in [5.41, 5.74) is -0.777. The van der Waals surface area contributed by atoms with E-state index in [0.29, 0.717) is 16.7 Å². The molecular weight excluding hydrogens is 678 g/mol. The molecule has 2 rings (SSSR count). The second-order valence-electron chi connectivity index (χ2n) is 13.4. The van der Waals surface area contributed by atoms with E-state index in [1.54, 1.807) is 20.8 Å². The second kappa shape index (κ2) is 21.7. The van der Waals surface area contributed by atoms with Crippen LogP contribution in [0.4, 0.5) is 10.5 Å². The van der Waals surface area contributed by atoms with Crippen molar-refractivity contribution in [2.75, 3.05) is 24.4 Å². The predicted molar refractivity (Wildman–Crippen MR) is 192 cm³/mol. The van der Waals surface area contributed by atoms with E-state index in [4.69, 9.17) is 9.47 Å². The molecule has 11 heteroatoms. The van der Waals surface area contributed by atoms with Crippen LogP contribution in [0.2, 0.25) is 0 Å². The number of unbranched alkanes of at least 4 members (excludes halogenated alkanes) is 13. The van der Waals surface area contributed by atoms with Crippen molar-refractivity contribution >= 4 is 51.2 Å². The number of nitrogens with zero attached hydrogens (tertiary/aromatic N) is 1. The van der Waals surface area contributed by atoms with Gasteiger partial charge in [0.25, 0.3) is 11.8 Å². The normalized spacial score (nSPS) is 14.6. The monoisotopic (exact) mass is 733 g/mol. The third-order valence-electron chi connectivity index (χ3n) is 8.29. The molecule has 1 aliphatic rings. The number of methoxy groups -OCH3 is 1. The van der Waals surface area contributed by atoms with Crippen molar-refractivity contribution in [2.24, 2.45) is 5.41 Å². The number of ether oxygens (including phenoxy) is 2. The minimum Gasteiger partial charge on any atom is -0.495 e. The van der Waals surface area contributed by atoms with E-state index in [9.17, 15) is 24.0 Å². The van der Waals surface area contributed by atoms with Gasteiger partial charge >= 0.3 is 12.0 Å². The minimum absolute atomic E-state index is 0.0000789. The second-order valence-corrected chi connectivity index (χ2v) is 14.1. The molecule has 268 valence electrons. The highest BCUT2D eigenvalue weighted by molar-refractivity contribution is 9.09. The molecule has 1 aliphatic heterocycles. The lowest BCUT2D eigenvalue weighted by Gasteiger charge is -2.28. The molecule has 4 amide bonds. The summed E-state index contributed by atoms with van der Waals surface area (Å²) in [6, 6.07) is 1.81. The number of hydrogen-bond acceptors (Lipinski definition) is 7. The van der Waals surface area contributed by atoms with Gasteiger partial charge in [0.2, 0.25) is 0 Å². The van der Waals surface area contributed by atoms with Gasteiger partial charge in [-0.15, -0.1) is 0 Å². The molecule has 0 radical (unpaired) electrons. The van der Waals surface area contributed by atoms with Gasteiger partial charge in [-0.1, -0.05) is 133 Å². The molecule has 1 heterocycles. The number of halogens is 1. The third kappa shape index (κ3) is 13.4. The number of ketones is 1. The van der Waals surface area contributed by atoms with Crippen molar-refractivity contribution in [1.82, 2.24) is 10.2 Å². The number of allylic oxidation sites excluding steroid dienone is 1. The molecule has 0 spiro atoms. The molecule has 1 aromatic rings. The van der Waals surface area contributed by atoms with Crippen LogP contribution in [0.1, 0.15) is 134 Å². The lowest BCUT2D eigenvalue weighted by Crippen LogP contribution is -2.55. The number of amides is 4. The number of rotatable bonds is 23. The van der Waals surface area contributed by atoms with E-state index in [2.05, 4.69) is 33.5 Å². The first-order chi connectivity index (χ1) is 23.0. The quantitative estimate of drug-likeness (QED) is 0.0288. The van der Waals surface area contributed by atoms with Crippen molar-refractivity contribution in [3.63, 3.8) is 0 Å². The van der Waals surface area contributed by atoms with Gasteiger partial charge in [0.15, 0.2) is 11.8 Å². The standard InChI is InChI=1S/C37H56BrN3O7/c1-6-7-8-9-10-11-12-13-14-15-16-17-18-19-25-48-35(45)27-22-23-30(47-5)29(26-27)39-33(43)31(32(42)37(2,3)4)41-34(44)28(21-20-24-38)40-36(41)46/h21-23,26,31H,6-20,24-25H2,1-5H3,(H,39,43)(H,40,46). The Labute approximate surface area is 295 Å². The zero-order valence-corrected chi connectivity index (χ0v) is 31.2. The summed E-state index contributed by atoms with van der Waals surface area (Å²) in [5, 5.41) is 5.63. The van der Waals surface area contributed by atoms with Crippen molar-refractivity contribution in [1.29, 1.82) is 0 Å². The number of esters is 1. The van der Waals surface area contributed by atoms with Crippen molar-refractivity contribution < 1.29 is 33.4 Å². The van der Waals surface area contributed by atoms with Gasteiger partial charge < -0.3 is 20.1 Å². The Balaban J connectivity index is 1.92. The van der Waals surface area contributed by atoms with Gasteiger partial charge in [0.1, 0.15) is 11.4 Å². The summed E-state index contributed by atoms with van der Waals surface area (Å²) in [6.07, 6.45) is 19.3. The Morgan fingerprint density at radius 2 is 1.48 bits per heavy atom. The fraction of sp³-hybridized carbons (Fsp3) is 0.649. The largest absolute Gasteiger partial charge is 0.495 e. The summed E-state index contributed by atoms with van der Waals surface area (Å²) in [5.74, 6) is -2.64. The van der Waals surface area contributed by atoms with Crippen LogP contribution in [0.3, 0.4) is 0 Å². The van der Waals surface area contributed by atoms with E-state index in [-0.39, 0.29) is 29.3 Å². The summed E-state index contributed by atoms with van der Waals surface area (Å²) < 4.78 is 10.9. The summed E-state index contributed by atoms with van der Waals surface area (Å²) >= 11 is 3.27.